The Kier molecular flexibility index (Phi) is 4.65. The van der Waals surface area contributed by atoms with Crippen LogP contribution in [-0.2, 0) is 0 Å². The molecule has 3 nitrogen and oxygen atoms in total. The van der Waals surface area contributed by atoms with E-state index in [0.29, 0.717) is 6.42 Å². The topological polar surface area (TPSA) is 24.8 Å². The molecule has 0 N–H and O–H groups in total. The lowest BCUT2D eigenvalue weighted by atomic mass is 9.90. The predicted octanol–water partition coefficient (Wildman–Crippen LogP) is 5.69. The lowest BCUT2D eigenvalue weighted by Crippen LogP contribution is -2.44. The van der Waals surface area contributed by atoms with Gasteiger partial charge in [-0.15, -0.1) is 0 Å². The Morgan fingerprint density at radius 3 is 2.65 bits per heavy atom. The number of methoxy groups -OCH3 is 1. The van der Waals surface area contributed by atoms with Crippen molar-refractivity contribution in [1.82, 2.24) is 0 Å². The molecule has 5 heteroatoms. The van der Waals surface area contributed by atoms with E-state index < -0.39 is 6.17 Å². The summed E-state index contributed by atoms with van der Waals surface area (Å²) in [7, 11) is 1.67. The fourth-order valence-electron chi connectivity index (χ4n) is 3.94. The fraction of sp³-hybridized carbons (Fsp3) is 0.381. The summed E-state index contributed by atoms with van der Waals surface area (Å²) in [6.45, 7) is 3.98. The van der Waals surface area contributed by atoms with E-state index in [-0.39, 0.29) is 11.3 Å². The van der Waals surface area contributed by atoms with Crippen molar-refractivity contribution in [2.24, 2.45) is 10.3 Å². The van der Waals surface area contributed by atoms with Gasteiger partial charge in [-0.2, -0.15) is 4.40 Å². The Labute approximate surface area is 158 Å². The molecule has 4 rings (SSSR count). The standard InChI is InChI=1S/C21H23FN2OS/c1-4-14(18(22)5-2)21-24-19-9-7-6-8-16(19)15-11-10-13(25-3)12-17(15)20(24)23-26-21/h6-12,14,18,21H,4-5H2,1-3H3. The molecule has 0 fully saturated rings. The van der Waals surface area contributed by atoms with E-state index in [1.165, 1.54) is 17.5 Å². The van der Waals surface area contributed by atoms with Crippen molar-refractivity contribution in [2.45, 2.75) is 38.2 Å². The van der Waals surface area contributed by atoms with E-state index in [4.69, 9.17) is 9.13 Å². The number of para-hydroxylation sites is 1. The van der Waals surface area contributed by atoms with E-state index in [0.717, 1.165) is 34.8 Å². The molecule has 136 valence electrons. The van der Waals surface area contributed by atoms with Crippen molar-refractivity contribution in [1.29, 1.82) is 0 Å². The van der Waals surface area contributed by atoms with E-state index in [1.807, 2.05) is 25.1 Å². The van der Waals surface area contributed by atoms with Crippen LogP contribution in [0.5, 0.6) is 5.75 Å². The molecule has 2 aliphatic heterocycles. The SMILES string of the molecule is CCC(F)C(CC)C1SN=C2c3cc(OC)ccc3-c3ccccc3N21. The predicted molar refractivity (Wildman–Crippen MR) is 108 cm³/mol. The number of nitrogens with zero attached hydrogens (tertiary/aromatic N) is 2. The van der Waals surface area contributed by atoms with Crippen LogP contribution in [0.3, 0.4) is 0 Å². The molecule has 2 aromatic rings. The molecule has 0 saturated heterocycles. The monoisotopic (exact) mass is 370 g/mol. The maximum absolute atomic E-state index is 14.7. The highest BCUT2D eigenvalue weighted by Gasteiger charge is 2.42. The van der Waals surface area contributed by atoms with Crippen LogP contribution in [0.1, 0.15) is 32.3 Å². The lowest BCUT2D eigenvalue weighted by molar-refractivity contribution is 0.213. The third-order valence-corrected chi connectivity index (χ3v) is 6.40. The van der Waals surface area contributed by atoms with Gasteiger partial charge in [0.1, 0.15) is 23.1 Å². The Balaban J connectivity index is 1.86. The summed E-state index contributed by atoms with van der Waals surface area (Å²) in [5.41, 5.74) is 4.48. The minimum Gasteiger partial charge on any atom is -0.497 e. The number of rotatable bonds is 5. The molecular weight excluding hydrogens is 347 g/mol. The van der Waals surface area contributed by atoms with Gasteiger partial charge in [-0.25, -0.2) is 4.39 Å². The third kappa shape index (κ3) is 2.60. The first-order valence-corrected chi connectivity index (χ1v) is 9.98. The van der Waals surface area contributed by atoms with Crippen molar-refractivity contribution < 1.29 is 9.13 Å². The summed E-state index contributed by atoms with van der Waals surface area (Å²) in [6.07, 6.45) is 0.495. The van der Waals surface area contributed by atoms with Gasteiger partial charge in [0.05, 0.1) is 12.8 Å². The van der Waals surface area contributed by atoms with Gasteiger partial charge in [-0.3, -0.25) is 0 Å². The molecule has 0 aliphatic carbocycles. The van der Waals surface area contributed by atoms with Crippen LogP contribution in [0.2, 0.25) is 0 Å². The number of fused-ring (bicyclic) bond motifs is 6. The molecular formula is C21H23FN2OS. The number of hydrogen-bond donors (Lipinski definition) is 0. The van der Waals surface area contributed by atoms with Crippen LogP contribution in [0.25, 0.3) is 11.1 Å². The average molecular weight is 370 g/mol. The number of halogens is 1. The van der Waals surface area contributed by atoms with Gasteiger partial charge < -0.3 is 9.64 Å². The van der Waals surface area contributed by atoms with Crippen LogP contribution in [0.15, 0.2) is 46.9 Å². The second kappa shape index (κ2) is 6.95. The molecule has 0 saturated carbocycles. The van der Waals surface area contributed by atoms with Crippen LogP contribution in [0.4, 0.5) is 10.1 Å². The smallest absolute Gasteiger partial charge is 0.150 e. The highest BCUT2D eigenvalue weighted by atomic mass is 32.2. The van der Waals surface area contributed by atoms with Gasteiger partial charge in [0.15, 0.2) is 0 Å². The van der Waals surface area contributed by atoms with Gasteiger partial charge >= 0.3 is 0 Å². The summed E-state index contributed by atoms with van der Waals surface area (Å²) in [6, 6.07) is 14.4. The van der Waals surface area contributed by atoms with Crippen molar-refractivity contribution in [3.8, 4) is 16.9 Å². The van der Waals surface area contributed by atoms with Crippen LogP contribution >= 0.6 is 11.9 Å². The zero-order valence-corrected chi connectivity index (χ0v) is 16.1. The first kappa shape index (κ1) is 17.4. The van der Waals surface area contributed by atoms with E-state index in [1.54, 1.807) is 7.11 Å². The minimum absolute atomic E-state index is 0.0227. The summed E-state index contributed by atoms with van der Waals surface area (Å²) in [5.74, 6) is 1.66. The van der Waals surface area contributed by atoms with Gasteiger partial charge in [0, 0.05) is 29.0 Å². The van der Waals surface area contributed by atoms with E-state index in [2.05, 4.69) is 36.1 Å². The number of amidine groups is 1. The summed E-state index contributed by atoms with van der Waals surface area (Å²) in [5, 5.41) is -0.0227. The molecule has 0 spiro atoms. The highest BCUT2D eigenvalue weighted by molar-refractivity contribution is 7.99. The minimum atomic E-state index is -0.828. The van der Waals surface area contributed by atoms with Crippen molar-refractivity contribution >= 4 is 23.5 Å². The molecule has 2 heterocycles. The molecule has 0 aromatic heterocycles. The summed E-state index contributed by atoms with van der Waals surface area (Å²) >= 11 is 1.50. The molecule has 3 unspecified atom stereocenters. The number of ether oxygens (including phenoxy) is 1. The zero-order valence-electron chi connectivity index (χ0n) is 15.3. The first-order chi connectivity index (χ1) is 12.7. The molecule has 0 bridgehead atoms. The Morgan fingerprint density at radius 2 is 1.92 bits per heavy atom. The van der Waals surface area contributed by atoms with Crippen molar-refractivity contribution in [2.75, 3.05) is 12.0 Å². The molecule has 0 radical (unpaired) electrons. The van der Waals surface area contributed by atoms with E-state index >= 15 is 0 Å². The average Bonchev–Trinajstić information content (AvgIpc) is 3.13. The number of anilines is 1. The number of hydrogen-bond acceptors (Lipinski definition) is 4. The third-order valence-electron chi connectivity index (χ3n) is 5.34. The Hall–Kier alpha value is -2.01. The summed E-state index contributed by atoms with van der Waals surface area (Å²) < 4.78 is 24.9. The van der Waals surface area contributed by atoms with Crippen molar-refractivity contribution in [3.05, 3.63) is 48.0 Å². The molecule has 3 atom stereocenters. The fourth-order valence-corrected chi connectivity index (χ4v) is 5.16. The largest absolute Gasteiger partial charge is 0.497 e. The second-order valence-corrected chi connectivity index (χ2v) is 7.58. The van der Waals surface area contributed by atoms with Crippen molar-refractivity contribution in [3.63, 3.8) is 0 Å². The first-order valence-electron chi connectivity index (χ1n) is 9.14. The lowest BCUT2D eigenvalue weighted by Gasteiger charge is -2.37. The van der Waals surface area contributed by atoms with Crippen LogP contribution < -0.4 is 9.64 Å². The van der Waals surface area contributed by atoms with Gasteiger partial charge in [0.2, 0.25) is 0 Å². The van der Waals surface area contributed by atoms with Crippen LogP contribution in [-0.4, -0.2) is 24.5 Å². The maximum Gasteiger partial charge on any atom is 0.150 e. The Bertz CT molecular complexity index is 854. The molecule has 2 aliphatic rings. The zero-order chi connectivity index (χ0) is 18.3. The Morgan fingerprint density at radius 1 is 1.12 bits per heavy atom. The number of alkyl halides is 1. The maximum atomic E-state index is 14.7. The van der Waals surface area contributed by atoms with Gasteiger partial charge in [-0.05, 0) is 42.7 Å². The highest BCUT2D eigenvalue weighted by Crippen LogP contribution is 2.48. The van der Waals surface area contributed by atoms with Crippen LogP contribution in [0, 0.1) is 5.92 Å². The second-order valence-electron chi connectivity index (χ2n) is 6.71. The molecule has 26 heavy (non-hydrogen) atoms. The summed E-state index contributed by atoms with van der Waals surface area (Å²) in [4.78, 5) is 2.23. The quantitative estimate of drug-likeness (QED) is 0.632. The van der Waals surface area contributed by atoms with Gasteiger partial charge in [-0.1, -0.05) is 32.0 Å². The molecule has 0 amide bonds. The van der Waals surface area contributed by atoms with E-state index in [9.17, 15) is 4.39 Å². The number of benzene rings is 2. The van der Waals surface area contributed by atoms with Gasteiger partial charge in [0.25, 0.3) is 0 Å². The normalized spacial score (nSPS) is 19.9. The molecule has 2 aromatic carbocycles.